The Morgan fingerprint density at radius 3 is 2.19 bits per heavy atom. The van der Waals surface area contributed by atoms with E-state index in [0.717, 1.165) is 28.3 Å². The van der Waals surface area contributed by atoms with Crippen molar-refractivity contribution in [2.24, 2.45) is 5.92 Å². The Morgan fingerprint density at radius 2 is 1.57 bits per heavy atom. The maximum atomic E-state index is 13.2. The highest BCUT2D eigenvalue weighted by atomic mass is 16.6. The number of nitrogens with zero attached hydrogens (tertiary/aromatic N) is 2. The van der Waals surface area contributed by atoms with Crippen molar-refractivity contribution in [1.29, 1.82) is 0 Å². The van der Waals surface area contributed by atoms with Crippen molar-refractivity contribution in [1.82, 2.24) is 14.9 Å². The van der Waals surface area contributed by atoms with Gasteiger partial charge in [0.15, 0.2) is 0 Å². The largest absolute Gasteiger partial charge is 0.497 e. The standard InChI is InChI=1S/C33H37N3O6/c1-22(2)20-30(36(21-31(37)38)33(39)42-28-16-14-26(40-4)15-17-28)24-10-12-27(13-11-24)41-19-18-29-23(3)34-32(35-29)25-8-6-5-7-9-25/h5-17,22,30H,18-21H2,1-4H3,(H,34,35)(H,37,38)/t30-/m0/s1. The highest BCUT2D eigenvalue weighted by Gasteiger charge is 2.29. The fourth-order valence-corrected chi connectivity index (χ4v) is 4.67. The highest BCUT2D eigenvalue weighted by molar-refractivity contribution is 5.78. The molecule has 4 aromatic rings. The van der Waals surface area contributed by atoms with Crippen LogP contribution < -0.4 is 14.2 Å². The van der Waals surface area contributed by atoms with Gasteiger partial charge in [0.25, 0.3) is 0 Å². The van der Waals surface area contributed by atoms with E-state index < -0.39 is 24.6 Å². The number of aryl methyl sites for hydroxylation is 1. The van der Waals surface area contributed by atoms with Crippen molar-refractivity contribution >= 4 is 12.1 Å². The van der Waals surface area contributed by atoms with E-state index in [-0.39, 0.29) is 5.92 Å². The minimum atomic E-state index is -1.13. The molecule has 42 heavy (non-hydrogen) atoms. The first-order valence-corrected chi connectivity index (χ1v) is 13.9. The first-order valence-electron chi connectivity index (χ1n) is 13.9. The molecule has 220 valence electrons. The molecule has 0 aliphatic heterocycles. The second-order valence-corrected chi connectivity index (χ2v) is 10.4. The highest BCUT2D eigenvalue weighted by Crippen LogP contribution is 2.31. The van der Waals surface area contributed by atoms with Gasteiger partial charge >= 0.3 is 12.1 Å². The van der Waals surface area contributed by atoms with E-state index in [1.165, 1.54) is 4.90 Å². The third-order valence-electron chi connectivity index (χ3n) is 6.79. The summed E-state index contributed by atoms with van der Waals surface area (Å²) in [6, 6.07) is 23.4. The van der Waals surface area contributed by atoms with E-state index >= 15 is 0 Å². The number of carboxylic acids is 1. The minimum Gasteiger partial charge on any atom is -0.497 e. The summed E-state index contributed by atoms with van der Waals surface area (Å²) >= 11 is 0. The fourth-order valence-electron chi connectivity index (χ4n) is 4.67. The Kier molecular flexibility index (Phi) is 10.2. The molecule has 1 heterocycles. The van der Waals surface area contributed by atoms with Gasteiger partial charge in [-0.25, -0.2) is 9.78 Å². The maximum absolute atomic E-state index is 13.2. The van der Waals surface area contributed by atoms with Gasteiger partial charge in [0.1, 0.15) is 29.6 Å². The quantitative estimate of drug-likeness (QED) is 0.184. The summed E-state index contributed by atoms with van der Waals surface area (Å²) in [7, 11) is 1.55. The molecule has 0 aliphatic rings. The first kappa shape index (κ1) is 30.2. The second kappa shape index (κ2) is 14.2. The maximum Gasteiger partial charge on any atom is 0.416 e. The van der Waals surface area contributed by atoms with Crippen LogP contribution in [-0.2, 0) is 11.2 Å². The number of aromatic amines is 1. The normalized spacial score (nSPS) is 11.6. The monoisotopic (exact) mass is 571 g/mol. The predicted octanol–water partition coefficient (Wildman–Crippen LogP) is 6.69. The van der Waals surface area contributed by atoms with Gasteiger partial charge in [0, 0.05) is 17.7 Å². The van der Waals surface area contributed by atoms with E-state index in [1.54, 1.807) is 31.4 Å². The van der Waals surface area contributed by atoms with Gasteiger partial charge in [-0.15, -0.1) is 0 Å². The molecule has 2 N–H and O–H groups in total. The minimum absolute atomic E-state index is 0.189. The molecule has 0 bridgehead atoms. The number of nitrogens with one attached hydrogen (secondary N) is 1. The summed E-state index contributed by atoms with van der Waals surface area (Å²) < 4.78 is 16.7. The molecule has 0 saturated heterocycles. The number of H-pyrrole nitrogens is 1. The van der Waals surface area contributed by atoms with Gasteiger partial charge in [0.05, 0.1) is 25.5 Å². The smallest absolute Gasteiger partial charge is 0.416 e. The number of benzene rings is 3. The van der Waals surface area contributed by atoms with Crippen LogP contribution >= 0.6 is 0 Å². The number of hydrogen-bond donors (Lipinski definition) is 2. The van der Waals surface area contributed by atoms with Crippen LogP contribution in [0.2, 0.25) is 0 Å². The number of ether oxygens (including phenoxy) is 3. The van der Waals surface area contributed by atoms with E-state index in [0.29, 0.717) is 36.7 Å². The molecular formula is C33H37N3O6. The summed E-state index contributed by atoms with van der Waals surface area (Å²) in [6.45, 7) is 5.98. The molecule has 0 radical (unpaired) electrons. The van der Waals surface area contributed by atoms with E-state index in [2.05, 4.69) is 9.97 Å². The lowest BCUT2D eigenvalue weighted by atomic mass is 9.95. The molecule has 0 saturated carbocycles. The lowest BCUT2D eigenvalue weighted by Gasteiger charge is -2.31. The Bertz CT molecular complexity index is 1450. The van der Waals surface area contributed by atoms with Gasteiger partial charge in [-0.1, -0.05) is 56.3 Å². The van der Waals surface area contributed by atoms with Crippen LogP contribution in [0.5, 0.6) is 17.2 Å². The molecule has 3 aromatic carbocycles. The van der Waals surface area contributed by atoms with Gasteiger partial charge in [-0.2, -0.15) is 0 Å². The molecule has 0 unspecified atom stereocenters. The molecule has 1 amide bonds. The Morgan fingerprint density at radius 1 is 0.929 bits per heavy atom. The SMILES string of the molecule is COc1ccc(OC(=O)N(CC(=O)O)[C@@H](CC(C)C)c2ccc(OCCc3[nH]c(-c4ccccc4)nc3C)cc2)cc1. The van der Waals surface area contributed by atoms with Crippen molar-refractivity contribution < 1.29 is 28.9 Å². The van der Waals surface area contributed by atoms with Crippen LogP contribution in [0.1, 0.15) is 43.3 Å². The number of aromatic nitrogens is 2. The van der Waals surface area contributed by atoms with Crippen molar-refractivity contribution in [3.63, 3.8) is 0 Å². The molecule has 0 spiro atoms. The van der Waals surface area contributed by atoms with Crippen molar-refractivity contribution in [3.05, 3.63) is 95.8 Å². The van der Waals surface area contributed by atoms with Crippen LogP contribution in [0, 0.1) is 12.8 Å². The number of amides is 1. The summed E-state index contributed by atoms with van der Waals surface area (Å²) in [4.78, 5) is 34.3. The van der Waals surface area contributed by atoms with E-state index in [4.69, 9.17) is 14.2 Å². The zero-order chi connectivity index (χ0) is 30.1. The lowest BCUT2D eigenvalue weighted by Crippen LogP contribution is -2.41. The predicted molar refractivity (Wildman–Crippen MR) is 160 cm³/mol. The van der Waals surface area contributed by atoms with Gasteiger partial charge in [0.2, 0.25) is 0 Å². The fraction of sp³-hybridized carbons (Fsp3) is 0.303. The molecule has 1 aromatic heterocycles. The average molecular weight is 572 g/mol. The Balaban J connectivity index is 1.44. The first-order chi connectivity index (χ1) is 20.2. The number of carbonyl (C=O) groups is 2. The molecule has 9 nitrogen and oxygen atoms in total. The zero-order valence-electron chi connectivity index (χ0n) is 24.4. The molecule has 4 rings (SSSR count). The van der Waals surface area contributed by atoms with Crippen LogP contribution in [0.25, 0.3) is 11.4 Å². The topological polar surface area (TPSA) is 114 Å². The third kappa shape index (κ3) is 8.13. The second-order valence-electron chi connectivity index (χ2n) is 10.4. The van der Waals surface area contributed by atoms with Crippen LogP contribution in [-0.4, -0.2) is 52.3 Å². The van der Waals surface area contributed by atoms with E-state index in [1.807, 2.05) is 75.4 Å². The van der Waals surface area contributed by atoms with Gasteiger partial charge in [-0.05, 0) is 61.2 Å². The Hall–Kier alpha value is -4.79. The van der Waals surface area contributed by atoms with Crippen molar-refractivity contribution in [3.8, 4) is 28.6 Å². The van der Waals surface area contributed by atoms with Crippen LogP contribution in [0.15, 0.2) is 78.9 Å². The summed E-state index contributed by atoms with van der Waals surface area (Å²) in [6.07, 6.45) is 0.472. The number of hydrogen-bond acceptors (Lipinski definition) is 6. The molecule has 9 heteroatoms. The molecule has 0 aliphatic carbocycles. The van der Waals surface area contributed by atoms with Crippen LogP contribution in [0.4, 0.5) is 4.79 Å². The third-order valence-corrected chi connectivity index (χ3v) is 6.79. The van der Waals surface area contributed by atoms with E-state index in [9.17, 15) is 14.7 Å². The Labute approximate surface area is 246 Å². The summed E-state index contributed by atoms with van der Waals surface area (Å²) in [5.74, 6) is 1.49. The average Bonchev–Trinajstić information content (AvgIpc) is 3.36. The number of imidazole rings is 1. The zero-order valence-corrected chi connectivity index (χ0v) is 24.4. The number of methoxy groups -OCH3 is 1. The summed E-state index contributed by atoms with van der Waals surface area (Å²) in [5, 5.41) is 9.63. The summed E-state index contributed by atoms with van der Waals surface area (Å²) in [5.41, 5.74) is 3.77. The van der Waals surface area contributed by atoms with Crippen molar-refractivity contribution in [2.75, 3.05) is 20.3 Å². The number of rotatable bonds is 13. The van der Waals surface area contributed by atoms with Gasteiger partial charge < -0.3 is 24.3 Å². The molecule has 1 atom stereocenters. The number of carboxylic acid groups (broad SMARTS) is 1. The van der Waals surface area contributed by atoms with Gasteiger partial charge in [-0.3, -0.25) is 9.69 Å². The lowest BCUT2D eigenvalue weighted by molar-refractivity contribution is -0.138. The van der Waals surface area contributed by atoms with Crippen molar-refractivity contribution in [2.45, 2.75) is 39.7 Å². The molecule has 0 fully saturated rings. The number of aliphatic carboxylic acids is 1. The van der Waals surface area contributed by atoms with Crippen LogP contribution in [0.3, 0.4) is 0 Å². The number of carbonyl (C=O) groups excluding carboxylic acids is 1. The molecular weight excluding hydrogens is 534 g/mol.